The molecule has 2 saturated heterocycles. The van der Waals surface area contributed by atoms with Crippen molar-refractivity contribution >= 4 is 32.5 Å². The van der Waals surface area contributed by atoms with Crippen molar-refractivity contribution in [3.05, 3.63) is 35.8 Å². The number of fused-ring (bicyclic) bond motifs is 1. The Kier molecular flexibility index (Phi) is 5.73. The van der Waals surface area contributed by atoms with Crippen molar-refractivity contribution in [3.8, 4) is 6.07 Å². The Bertz CT molecular complexity index is 1270. The lowest BCUT2D eigenvalue weighted by Gasteiger charge is -2.38. The molecule has 1 aromatic carbocycles. The van der Waals surface area contributed by atoms with Crippen molar-refractivity contribution in [2.75, 3.05) is 44.2 Å². The zero-order valence-electron chi connectivity index (χ0n) is 19.2. The van der Waals surface area contributed by atoms with Gasteiger partial charge in [0.15, 0.2) is 0 Å². The molecule has 0 unspecified atom stereocenters. The number of piperazine rings is 1. The van der Waals surface area contributed by atoms with Gasteiger partial charge in [-0.3, -0.25) is 9.78 Å². The van der Waals surface area contributed by atoms with Gasteiger partial charge in [0.1, 0.15) is 5.82 Å². The Labute approximate surface area is 199 Å². The average Bonchev–Trinajstić information content (AvgIpc) is 3.70. The Morgan fingerprint density at radius 2 is 1.82 bits per heavy atom. The van der Waals surface area contributed by atoms with Crippen LogP contribution in [-0.4, -0.2) is 73.0 Å². The van der Waals surface area contributed by atoms with Crippen LogP contribution < -0.4 is 4.90 Å². The molecular weight excluding hydrogens is 457 g/mol. The SMILES string of the molecule is CC1(C#N)CCN(c2c(C(=O)N3CCN(S(=O)(=O)C4CC4)CC3)cnc3ccc(F)cc23)CC1. The van der Waals surface area contributed by atoms with E-state index in [0.29, 0.717) is 74.0 Å². The van der Waals surface area contributed by atoms with Crippen molar-refractivity contribution in [3.63, 3.8) is 0 Å². The zero-order chi connectivity index (χ0) is 24.1. The Morgan fingerprint density at radius 1 is 1.15 bits per heavy atom. The summed E-state index contributed by atoms with van der Waals surface area (Å²) in [5.41, 5.74) is 1.21. The molecule has 1 amide bonds. The lowest BCUT2D eigenvalue weighted by molar-refractivity contribution is 0.0698. The molecule has 2 aliphatic heterocycles. The largest absolute Gasteiger partial charge is 0.370 e. The van der Waals surface area contributed by atoms with E-state index < -0.39 is 21.3 Å². The van der Waals surface area contributed by atoms with Crippen molar-refractivity contribution < 1.29 is 17.6 Å². The molecule has 3 aliphatic rings. The van der Waals surface area contributed by atoms with Gasteiger partial charge in [0, 0.05) is 50.9 Å². The average molecular weight is 486 g/mol. The Morgan fingerprint density at radius 3 is 2.44 bits per heavy atom. The van der Waals surface area contributed by atoms with Crippen LogP contribution in [0.3, 0.4) is 0 Å². The van der Waals surface area contributed by atoms with Gasteiger partial charge < -0.3 is 9.80 Å². The number of benzene rings is 1. The molecule has 34 heavy (non-hydrogen) atoms. The monoisotopic (exact) mass is 485 g/mol. The van der Waals surface area contributed by atoms with Crippen LogP contribution in [-0.2, 0) is 10.0 Å². The lowest BCUT2D eigenvalue weighted by atomic mass is 9.81. The smallest absolute Gasteiger partial charge is 0.257 e. The van der Waals surface area contributed by atoms with Gasteiger partial charge in [0.2, 0.25) is 10.0 Å². The third kappa shape index (κ3) is 4.12. The topological polar surface area (TPSA) is 97.6 Å². The number of pyridine rings is 1. The molecule has 10 heteroatoms. The first-order valence-electron chi connectivity index (χ1n) is 11.7. The predicted molar refractivity (Wildman–Crippen MR) is 126 cm³/mol. The van der Waals surface area contributed by atoms with Crippen molar-refractivity contribution in [2.45, 2.75) is 37.9 Å². The van der Waals surface area contributed by atoms with Crippen molar-refractivity contribution in [1.82, 2.24) is 14.2 Å². The summed E-state index contributed by atoms with van der Waals surface area (Å²) in [4.78, 5) is 21.8. The molecule has 0 radical (unpaired) electrons. The molecule has 180 valence electrons. The molecule has 1 aromatic heterocycles. The van der Waals surface area contributed by atoms with Crippen LogP contribution in [0.25, 0.3) is 10.9 Å². The molecule has 3 heterocycles. The first-order chi connectivity index (χ1) is 16.2. The third-order valence-corrected chi connectivity index (χ3v) is 9.72. The maximum atomic E-state index is 14.2. The molecule has 2 aromatic rings. The highest BCUT2D eigenvalue weighted by Gasteiger charge is 2.41. The van der Waals surface area contributed by atoms with Crippen LogP contribution in [0, 0.1) is 22.6 Å². The van der Waals surface area contributed by atoms with Gasteiger partial charge in [-0.05, 0) is 50.8 Å². The zero-order valence-corrected chi connectivity index (χ0v) is 20.0. The minimum atomic E-state index is -3.27. The van der Waals surface area contributed by atoms with Gasteiger partial charge in [-0.15, -0.1) is 0 Å². The fourth-order valence-corrected chi connectivity index (χ4v) is 6.70. The predicted octanol–water partition coefficient (Wildman–Crippen LogP) is 2.75. The molecule has 5 rings (SSSR count). The van der Waals surface area contributed by atoms with E-state index in [1.165, 1.54) is 16.4 Å². The lowest BCUT2D eigenvalue weighted by Crippen LogP contribution is -2.51. The maximum Gasteiger partial charge on any atom is 0.257 e. The molecule has 0 bridgehead atoms. The van der Waals surface area contributed by atoms with Crippen LogP contribution >= 0.6 is 0 Å². The highest BCUT2D eigenvalue weighted by atomic mass is 32.2. The molecule has 8 nitrogen and oxygen atoms in total. The van der Waals surface area contributed by atoms with E-state index in [4.69, 9.17) is 0 Å². The van der Waals surface area contributed by atoms with Gasteiger partial charge in [0.25, 0.3) is 5.91 Å². The highest BCUT2D eigenvalue weighted by Crippen LogP contribution is 2.38. The number of carbonyl (C=O) groups excluding carboxylic acids is 1. The summed E-state index contributed by atoms with van der Waals surface area (Å²) in [6.45, 7) is 4.26. The number of hydrogen-bond acceptors (Lipinski definition) is 6. The quantitative estimate of drug-likeness (QED) is 0.661. The second kappa shape index (κ2) is 8.47. The number of nitriles is 1. The number of rotatable bonds is 4. The number of amides is 1. The van der Waals surface area contributed by atoms with Gasteiger partial charge in [-0.1, -0.05) is 0 Å². The fraction of sp³-hybridized carbons (Fsp3) is 0.542. The summed E-state index contributed by atoms with van der Waals surface area (Å²) < 4.78 is 40.8. The second-order valence-corrected chi connectivity index (χ2v) is 12.0. The number of sulfonamides is 1. The number of piperidine rings is 1. The molecule has 1 saturated carbocycles. The van der Waals surface area contributed by atoms with Crippen molar-refractivity contribution in [2.24, 2.45) is 5.41 Å². The summed E-state index contributed by atoms with van der Waals surface area (Å²) in [6, 6.07) is 6.75. The number of nitrogens with zero attached hydrogens (tertiary/aromatic N) is 5. The van der Waals surface area contributed by atoms with E-state index >= 15 is 0 Å². The minimum absolute atomic E-state index is 0.231. The summed E-state index contributed by atoms with van der Waals surface area (Å²) in [7, 11) is -3.27. The molecule has 1 aliphatic carbocycles. The fourth-order valence-electron chi connectivity index (χ4n) is 4.88. The van der Waals surface area contributed by atoms with E-state index in [9.17, 15) is 22.9 Å². The third-order valence-electron chi connectivity index (χ3n) is 7.32. The standard InChI is InChI=1S/C24H28FN5O3S/c1-24(16-26)6-8-28(9-7-24)22-19-14-17(25)2-5-21(19)27-15-20(22)23(31)29-10-12-30(13-11-29)34(32,33)18-3-4-18/h2,5,14-15,18H,3-4,6-13H2,1H3. The van der Waals surface area contributed by atoms with E-state index in [2.05, 4.69) is 16.0 Å². The van der Waals surface area contributed by atoms with E-state index in [1.807, 2.05) is 6.92 Å². The summed E-state index contributed by atoms with van der Waals surface area (Å²) >= 11 is 0. The van der Waals surface area contributed by atoms with Crippen LogP contribution in [0.4, 0.5) is 10.1 Å². The molecular formula is C24H28FN5O3S. The summed E-state index contributed by atoms with van der Waals surface area (Å²) in [5.74, 6) is -0.635. The normalized spacial score (nSPS) is 21.4. The molecule has 0 atom stereocenters. The van der Waals surface area contributed by atoms with Crippen LogP contribution in [0.5, 0.6) is 0 Å². The van der Waals surface area contributed by atoms with Crippen molar-refractivity contribution in [1.29, 1.82) is 5.26 Å². The second-order valence-electron chi connectivity index (χ2n) is 9.78. The summed E-state index contributed by atoms with van der Waals surface area (Å²) in [5, 5.41) is 9.82. The van der Waals surface area contributed by atoms with Crippen LogP contribution in [0.1, 0.15) is 43.0 Å². The van der Waals surface area contributed by atoms with E-state index in [-0.39, 0.29) is 24.2 Å². The summed E-state index contributed by atoms with van der Waals surface area (Å²) in [6.07, 6.45) is 4.26. The number of aromatic nitrogens is 1. The van der Waals surface area contributed by atoms with E-state index in [0.717, 1.165) is 0 Å². The number of hydrogen-bond donors (Lipinski definition) is 0. The molecule has 0 N–H and O–H groups in total. The minimum Gasteiger partial charge on any atom is -0.370 e. The van der Waals surface area contributed by atoms with Crippen LogP contribution in [0.15, 0.2) is 24.4 Å². The Balaban J connectivity index is 1.44. The Hall–Kier alpha value is -2.77. The van der Waals surface area contributed by atoms with Gasteiger partial charge in [-0.2, -0.15) is 9.57 Å². The highest BCUT2D eigenvalue weighted by molar-refractivity contribution is 7.90. The first kappa shape index (κ1) is 23.0. The molecule has 0 spiro atoms. The van der Waals surface area contributed by atoms with Gasteiger partial charge >= 0.3 is 0 Å². The number of carbonyl (C=O) groups is 1. The van der Waals surface area contributed by atoms with Crippen LogP contribution in [0.2, 0.25) is 0 Å². The van der Waals surface area contributed by atoms with Gasteiger partial charge in [-0.25, -0.2) is 12.8 Å². The first-order valence-corrected chi connectivity index (χ1v) is 13.2. The number of anilines is 1. The number of halogens is 1. The van der Waals surface area contributed by atoms with E-state index in [1.54, 1.807) is 17.2 Å². The maximum absolute atomic E-state index is 14.2. The van der Waals surface area contributed by atoms with Gasteiger partial charge in [0.05, 0.1) is 33.5 Å². The molecule has 3 fully saturated rings.